The molecule has 0 heteroatoms. The van der Waals surface area contributed by atoms with Crippen molar-refractivity contribution in [1.29, 1.82) is 0 Å². The van der Waals surface area contributed by atoms with Crippen molar-refractivity contribution in [3.63, 3.8) is 0 Å². The Morgan fingerprint density at radius 1 is 0.242 bits per heavy atom. The van der Waals surface area contributed by atoms with E-state index in [4.69, 9.17) is 0 Å². The zero-order valence-corrected chi connectivity index (χ0v) is 44.3. The zero-order valence-electron chi connectivity index (χ0n) is 44.3. The quantitative estimate of drug-likeness (QED) is 0.0429. The van der Waals surface area contributed by atoms with E-state index < -0.39 is 0 Å². The first-order valence-electron chi connectivity index (χ1n) is 28.6. The fourth-order valence-electron chi connectivity index (χ4n) is 16.0. The van der Waals surface area contributed by atoms with Crippen molar-refractivity contribution in [1.82, 2.24) is 0 Å². The fraction of sp³-hybridized carbons (Fsp3) is 0.636. The molecule has 0 heterocycles. The highest BCUT2D eigenvalue weighted by molar-refractivity contribution is 5.59. The van der Waals surface area contributed by atoms with Crippen LogP contribution in [0.5, 0.6) is 0 Å². The maximum absolute atomic E-state index is 3.00. The molecule has 0 aliphatic heterocycles. The summed E-state index contributed by atoms with van der Waals surface area (Å²) in [6, 6.07) is 50.6. The van der Waals surface area contributed by atoms with Crippen LogP contribution < -0.4 is 0 Å². The van der Waals surface area contributed by atoms with Gasteiger partial charge in [0.05, 0.1) is 0 Å². The molecular formula is C66H100. The van der Waals surface area contributed by atoms with Crippen LogP contribution in [0, 0.1) is 10.8 Å². The van der Waals surface area contributed by atoms with Crippen LogP contribution in [0.1, 0.15) is 257 Å². The van der Waals surface area contributed by atoms with Crippen molar-refractivity contribution in [2.24, 2.45) is 10.8 Å². The van der Waals surface area contributed by atoms with Crippen LogP contribution in [0.2, 0.25) is 0 Å². The van der Waals surface area contributed by atoms with E-state index in [0.717, 1.165) is 0 Å². The van der Waals surface area contributed by atoms with Crippen molar-refractivity contribution in [3.8, 4) is 0 Å². The molecule has 0 radical (unpaired) electrons. The molecule has 6 unspecified atom stereocenters. The van der Waals surface area contributed by atoms with E-state index in [2.05, 4.69) is 177 Å². The Labute approximate surface area is 409 Å². The smallest absolute Gasteiger partial charge is 0.0158 e. The summed E-state index contributed by atoms with van der Waals surface area (Å²) in [6.07, 6.45) is 35.6. The second kappa shape index (κ2) is 26.6. The minimum absolute atomic E-state index is 0.0418. The first kappa shape index (κ1) is 53.8. The Bertz CT molecular complexity index is 1860. The molecule has 0 bridgehead atoms. The van der Waals surface area contributed by atoms with Crippen LogP contribution in [0.4, 0.5) is 0 Å². The average Bonchev–Trinajstić information content (AvgIpc) is 3.36. The summed E-state index contributed by atoms with van der Waals surface area (Å²) in [6.45, 7) is 20.2. The molecule has 6 atom stereocenters. The van der Waals surface area contributed by atoms with Gasteiger partial charge in [-0.1, -0.05) is 312 Å². The highest BCUT2D eigenvalue weighted by atomic mass is 14.9. The Balaban J connectivity index is 2.31. The fourth-order valence-corrected chi connectivity index (χ4v) is 16.0. The summed E-state index contributed by atoms with van der Waals surface area (Å²) in [5.74, 6) is 0. The monoisotopic (exact) mass is 893 g/mol. The van der Waals surface area contributed by atoms with Crippen molar-refractivity contribution in [2.45, 2.75) is 257 Å². The van der Waals surface area contributed by atoms with Gasteiger partial charge < -0.3 is 0 Å². The molecular weight excluding hydrogens is 793 g/mol. The molecule has 364 valence electrons. The van der Waals surface area contributed by atoms with Gasteiger partial charge in [0.15, 0.2) is 0 Å². The van der Waals surface area contributed by atoms with E-state index >= 15 is 0 Å². The minimum atomic E-state index is -0.205. The summed E-state index contributed by atoms with van der Waals surface area (Å²) in [4.78, 5) is 0. The maximum atomic E-state index is 3.00. The van der Waals surface area contributed by atoms with Crippen molar-refractivity contribution in [2.75, 3.05) is 0 Å². The standard InChI is InChI=1S/C66H100/c1-9-16-23-39-52-62(51-20-13-5)63(55-40-24-17-10-2,57-42-30-26-31-43-57)61(8,50-38-19-12-4)64(53-21-14-6,58-44-32-27-33-45-58)66(56-41-25-18-11-3,60-48-36-29-37-49-60)65(62,54-22-15-7)59-46-34-28-35-47-59/h26-37,42-49H,9-25,38-41,50-56H2,1-8H3. The van der Waals surface area contributed by atoms with Crippen molar-refractivity contribution in [3.05, 3.63) is 144 Å². The number of hydrogen-bond acceptors (Lipinski definition) is 0. The molecule has 4 aromatic rings. The zero-order chi connectivity index (χ0) is 47.3. The van der Waals surface area contributed by atoms with Gasteiger partial charge in [0.2, 0.25) is 0 Å². The van der Waals surface area contributed by atoms with E-state index in [-0.39, 0.29) is 32.5 Å². The largest absolute Gasteiger partial charge is 0.0654 e. The van der Waals surface area contributed by atoms with Crippen LogP contribution in [-0.2, 0) is 21.7 Å². The van der Waals surface area contributed by atoms with Crippen LogP contribution in [0.3, 0.4) is 0 Å². The summed E-state index contributed by atoms with van der Waals surface area (Å²) < 4.78 is 0. The first-order chi connectivity index (χ1) is 32.3. The van der Waals surface area contributed by atoms with Gasteiger partial charge in [0, 0.05) is 21.7 Å². The Hall–Kier alpha value is -3.12. The van der Waals surface area contributed by atoms with Crippen LogP contribution in [0.15, 0.2) is 121 Å². The van der Waals surface area contributed by atoms with E-state index in [1.165, 1.54) is 180 Å². The molecule has 0 aromatic heterocycles. The number of hydrogen-bond donors (Lipinski definition) is 0. The molecule has 1 saturated carbocycles. The van der Waals surface area contributed by atoms with Gasteiger partial charge in [-0.15, -0.1) is 0 Å². The molecule has 0 saturated heterocycles. The third-order valence-corrected chi connectivity index (χ3v) is 18.4. The van der Waals surface area contributed by atoms with Crippen LogP contribution in [0.25, 0.3) is 0 Å². The molecule has 4 aromatic carbocycles. The maximum Gasteiger partial charge on any atom is 0.0158 e. The van der Waals surface area contributed by atoms with Gasteiger partial charge in [-0.2, -0.15) is 0 Å². The molecule has 1 fully saturated rings. The second-order valence-electron chi connectivity index (χ2n) is 21.7. The lowest BCUT2D eigenvalue weighted by Gasteiger charge is -2.84. The lowest BCUT2D eigenvalue weighted by molar-refractivity contribution is -0.240. The van der Waals surface area contributed by atoms with Crippen LogP contribution in [-0.4, -0.2) is 0 Å². The highest BCUT2D eigenvalue weighted by Crippen LogP contribution is 2.86. The Kier molecular flexibility index (Phi) is 21.7. The molecule has 0 N–H and O–H groups in total. The number of benzene rings is 4. The SMILES string of the molecule is CCCCCCC1(CCCC)C(CCCCCC)(c2ccccc2)C(C)(CCCCC)C(CCCC)(c2ccccc2)C(CCCCCC)(c2ccccc2)C1(CCCC)c1ccccc1. The van der Waals surface area contributed by atoms with Gasteiger partial charge in [-0.3, -0.25) is 0 Å². The van der Waals surface area contributed by atoms with E-state index in [1.807, 2.05) is 0 Å². The summed E-state index contributed by atoms with van der Waals surface area (Å²) in [5.41, 5.74) is 5.79. The molecule has 0 spiro atoms. The topological polar surface area (TPSA) is 0 Å². The van der Waals surface area contributed by atoms with Crippen LogP contribution >= 0.6 is 0 Å². The average molecular weight is 894 g/mol. The Morgan fingerprint density at radius 2 is 0.515 bits per heavy atom. The first-order valence-corrected chi connectivity index (χ1v) is 28.6. The van der Waals surface area contributed by atoms with Gasteiger partial charge >= 0.3 is 0 Å². The number of rotatable bonds is 32. The highest BCUT2D eigenvalue weighted by Gasteiger charge is 2.84. The van der Waals surface area contributed by atoms with Gasteiger partial charge in [-0.25, -0.2) is 0 Å². The molecule has 1 aliphatic carbocycles. The van der Waals surface area contributed by atoms with Crippen molar-refractivity contribution >= 4 is 0 Å². The molecule has 0 amide bonds. The van der Waals surface area contributed by atoms with Gasteiger partial charge in [-0.05, 0) is 78.0 Å². The second-order valence-corrected chi connectivity index (χ2v) is 21.7. The third kappa shape index (κ3) is 9.85. The predicted octanol–water partition coefficient (Wildman–Crippen LogP) is 20.8. The Morgan fingerprint density at radius 3 is 0.939 bits per heavy atom. The summed E-state index contributed by atoms with van der Waals surface area (Å²) >= 11 is 0. The summed E-state index contributed by atoms with van der Waals surface area (Å²) in [5, 5.41) is 0. The van der Waals surface area contributed by atoms with Gasteiger partial charge in [0.25, 0.3) is 0 Å². The third-order valence-electron chi connectivity index (χ3n) is 18.4. The lowest BCUT2D eigenvalue weighted by Crippen LogP contribution is -2.84. The normalized spacial score (nSPS) is 26.4. The molecule has 0 nitrogen and oxygen atoms in total. The van der Waals surface area contributed by atoms with E-state index in [9.17, 15) is 0 Å². The van der Waals surface area contributed by atoms with Gasteiger partial charge in [0.1, 0.15) is 0 Å². The number of unbranched alkanes of at least 4 members (excludes halogenated alkanes) is 14. The van der Waals surface area contributed by atoms with E-state index in [1.54, 1.807) is 22.3 Å². The predicted molar refractivity (Wildman–Crippen MR) is 292 cm³/mol. The molecule has 66 heavy (non-hydrogen) atoms. The molecule has 5 rings (SSSR count). The molecule has 1 aliphatic rings. The van der Waals surface area contributed by atoms with Crippen molar-refractivity contribution < 1.29 is 0 Å². The minimum Gasteiger partial charge on any atom is -0.0654 e. The summed E-state index contributed by atoms with van der Waals surface area (Å²) in [7, 11) is 0. The van der Waals surface area contributed by atoms with E-state index in [0.29, 0.717) is 0 Å². The lowest BCUT2D eigenvalue weighted by atomic mass is 9.18.